The van der Waals surface area contributed by atoms with Crippen molar-refractivity contribution in [1.29, 1.82) is 0 Å². The summed E-state index contributed by atoms with van der Waals surface area (Å²) in [5.41, 5.74) is 4.96. The van der Waals surface area contributed by atoms with Gasteiger partial charge in [0.1, 0.15) is 0 Å². The van der Waals surface area contributed by atoms with E-state index in [1.54, 1.807) is 13.8 Å². The van der Waals surface area contributed by atoms with Crippen molar-refractivity contribution in [2.45, 2.75) is 25.6 Å². The third-order valence-electron chi connectivity index (χ3n) is 0.740. The first-order chi connectivity index (χ1) is 4.71. The molecule has 0 fully saturated rings. The van der Waals surface area contributed by atoms with Crippen molar-refractivity contribution in [3.05, 3.63) is 0 Å². The highest BCUT2D eigenvalue weighted by atomic mass is 35.5. The molecule has 0 saturated carbocycles. The Morgan fingerprint density at radius 1 is 1.17 bits per heavy atom. The Morgan fingerprint density at radius 3 is 1.83 bits per heavy atom. The molecule has 0 radical (unpaired) electrons. The minimum atomic E-state index is -4.07. The van der Waals surface area contributed by atoms with Gasteiger partial charge < -0.3 is 5.73 Å². The number of halogens is 4. The molecular formula is C6H13ClF3NS. The Balaban J connectivity index is 0. The van der Waals surface area contributed by atoms with Crippen LogP contribution in [0, 0.1) is 0 Å². The molecule has 6 heteroatoms. The highest BCUT2D eigenvalue weighted by Crippen LogP contribution is 2.22. The lowest BCUT2D eigenvalue weighted by atomic mass is 10.1. The molecule has 0 bridgehead atoms. The van der Waals surface area contributed by atoms with E-state index in [0.29, 0.717) is 5.75 Å². The normalized spacial score (nSPS) is 12.5. The highest BCUT2D eigenvalue weighted by molar-refractivity contribution is 7.99. The molecule has 0 atom stereocenters. The summed E-state index contributed by atoms with van der Waals surface area (Å²) in [5, 5.41) is 0. The van der Waals surface area contributed by atoms with Crippen LogP contribution in [0.4, 0.5) is 13.2 Å². The number of rotatable bonds is 3. The molecule has 0 aromatic heterocycles. The van der Waals surface area contributed by atoms with Gasteiger partial charge in [0.25, 0.3) is 0 Å². The Morgan fingerprint density at radius 2 is 1.58 bits per heavy atom. The van der Waals surface area contributed by atoms with Crippen LogP contribution >= 0.6 is 24.2 Å². The molecule has 0 aliphatic rings. The van der Waals surface area contributed by atoms with E-state index in [1.807, 2.05) is 0 Å². The van der Waals surface area contributed by atoms with Crippen molar-refractivity contribution in [3.8, 4) is 0 Å². The van der Waals surface area contributed by atoms with Gasteiger partial charge in [-0.15, -0.1) is 12.4 Å². The zero-order valence-electron chi connectivity index (χ0n) is 6.94. The van der Waals surface area contributed by atoms with Gasteiger partial charge in [0.05, 0.1) is 5.75 Å². The lowest BCUT2D eigenvalue weighted by Crippen LogP contribution is -2.35. The molecule has 0 aliphatic heterocycles. The second-order valence-electron chi connectivity index (χ2n) is 3.10. The van der Waals surface area contributed by atoms with Crippen molar-refractivity contribution in [2.75, 3.05) is 11.5 Å². The number of nitrogens with two attached hydrogens (primary N) is 1. The molecule has 0 aromatic carbocycles. The minimum absolute atomic E-state index is 0. The number of hydrogen-bond acceptors (Lipinski definition) is 2. The second-order valence-corrected chi connectivity index (χ2v) is 4.08. The van der Waals surface area contributed by atoms with Gasteiger partial charge in [0.15, 0.2) is 0 Å². The highest BCUT2D eigenvalue weighted by Gasteiger charge is 2.27. The third kappa shape index (κ3) is 13.0. The average molecular weight is 224 g/mol. The zero-order valence-corrected chi connectivity index (χ0v) is 8.57. The van der Waals surface area contributed by atoms with Gasteiger partial charge in [-0.3, -0.25) is 0 Å². The molecule has 0 spiro atoms. The maximum Gasteiger partial charge on any atom is 0.397 e. The fourth-order valence-corrected chi connectivity index (χ4v) is 1.29. The monoisotopic (exact) mass is 223 g/mol. The van der Waals surface area contributed by atoms with E-state index >= 15 is 0 Å². The Labute approximate surface area is 80.7 Å². The molecule has 0 heterocycles. The molecule has 1 nitrogen and oxygen atoms in total. The number of thioether (sulfide) groups is 1. The summed E-state index contributed by atoms with van der Waals surface area (Å²) in [6, 6.07) is 0. The smallest absolute Gasteiger partial charge is 0.325 e. The summed E-state index contributed by atoms with van der Waals surface area (Å²) in [6.45, 7) is 3.41. The Hall–Kier alpha value is 0.390. The zero-order chi connectivity index (χ0) is 9.12. The van der Waals surface area contributed by atoms with E-state index in [9.17, 15) is 13.2 Å². The second kappa shape index (κ2) is 5.19. The van der Waals surface area contributed by atoms with Gasteiger partial charge in [-0.1, -0.05) is 0 Å². The molecule has 0 aromatic rings. The Bertz CT molecular complexity index is 107. The molecule has 2 N–H and O–H groups in total. The van der Waals surface area contributed by atoms with Gasteiger partial charge in [0, 0.05) is 11.3 Å². The summed E-state index contributed by atoms with van der Waals surface area (Å²) in [4.78, 5) is 0. The van der Waals surface area contributed by atoms with Gasteiger partial charge in [-0.2, -0.15) is 24.9 Å². The summed E-state index contributed by atoms with van der Waals surface area (Å²) in [6.07, 6.45) is -4.07. The summed E-state index contributed by atoms with van der Waals surface area (Å²) < 4.78 is 34.7. The molecule has 0 aliphatic carbocycles. The van der Waals surface area contributed by atoms with Crippen molar-refractivity contribution >= 4 is 24.2 Å². The maximum absolute atomic E-state index is 11.6. The van der Waals surface area contributed by atoms with E-state index in [1.165, 1.54) is 0 Å². The Kier molecular flexibility index (Phi) is 6.44. The molecule has 0 rings (SSSR count). The van der Waals surface area contributed by atoms with Gasteiger partial charge in [-0.25, -0.2) is 0 Å². The van der Waals surface area contributed by atoms with Crippen molar-refractivity contribution < 1.29 is 13.2 Å². The van der Waals surface area contributed by atoms with Crippen LogP contribution < -0.4 is 5.73 Å². The van der Waals surface area contributed by atoms with Crippen LogP contribution in [0.5, 0.6) is 0 Å². The third-order valence-corrected chi connectivity index (χ3v) is 2.22. The topological polar surface area (TPSA) is 26.0 Å². The van der Waals surface area contributed by atoms with Gasteiger partial charge >= 0.3 is 6.18 Å². The van der Waals surface area contributed by atoms with Crippen molar-refractivity contribution in [1.82, 2.24) is 0 Å². The maximum atomic E-state index is 11.6. The predicted molar refractivity (Wildman–Crippen MR) is 48.9 cm³/mol. The summed E-state index contributed by atoms with van der Waals surface area (Å²) in [7, 11) is 0. The van der Waals surface area contributed by atoms with E-state index < -0.39 is 17.5 Å². The largest absolute Gasteiger partial charge is 0.397 e. The number of hydrogen-bond donors (Lipinski definition) is 1. The standard InChI is InChI=1S/C6H12F3NS.ClH/c1-5(2,10)3-11-4-6(7,8)9;/h3-4,10H2,1-2H3;1H. The first-order valence-electron chi connectivity index (χ1n) is 3.14. The lowest BCUT2D eigenvalue weighted by Gasteiger charge is -2.17. The fraction of sp³-hybridized carbons (Fsp3) is 1.00. The van der Waals surface area contributed by atoms with Crippen LogP contribution in [0.25, 0.3) is 0 Å². The van der Waals surface area contributed by atoms with Crippen LogP contribution in [0.2, 0.25) is 0 Å². The predicted octanol–water partition coefficient (Wildman–Crippen LogP) is 2.44. The molecular weight excluding hydrogens is 211 g/mol. The van der Waals surface area contributed by atoms with Crippen LogP contribution in [-0.2, 0) is 0 Å². The van der Waals surface area contributed by atoms with Crippen LogP contribution in [-0.4, -0.2) is 23.2 Å². The van der Waals surface area contributed by atoms with Crippen molar-refractivity contribution in [3.63, 3.8) is 0 Å². The summed E-state index contributed by atoms with van der Waals surface area (Å²) in [5.74, 6) is -0.486. The van der Waals surface area contributed by atoms with Gasteiger partial charge in [0.2, 0.25) is 0 Å². The van der Waals surface area contributed by atoms with Crippen molar-refractivity contribution in [2.24, 2.45) is 5.73 Å². The lowest BCUT2D eigenvalue weighted by molar-refractivity contribution is -0.105. The van der Waals surface area contributed by atoms with E-state index in [-0.39, 0.29) is 12.4 Å². The molecule has 0 saturated heterocycles. The number of alkyl halides is 3. The summed E-state index contributed by atoms with van der Waals surface area (Å²) >= 11 is 0.817. The van der Waals surface area contributed by atoms with Crippen LogP contribution in [0.15, 0.2) is 0 Å². The minimum Gasteiger partial charge on any atom is -0.325 e. The molecule has 12 heavy (non-hydrogen) atoms. The fourth-order valence-electron chi connectivity index (χ4n) is 0.430. The first kappa shape index (κ1) is 14.9. The van der Waals surface area contributed by atoms with Crippen LogP contribution in [0.3, 0.4) is 0 Å². The van der Waals surface area contributed by atoms with Gasteiger partial charge in [-0.05, 0) is 13.8 Å². The quantitative estimate of drug-likeness (QED) is 0.796. The molecule has 0 amide bonds. The van der Waals surface area contributed by atoms with E-state index in [2.05, 4.69) is 0 Å². The van der Waals surface area contributed by atoms with E-state index in [4.69, 9.17) is 5.73 Å². The average Bonchev–Trinajstić information content (AvgIpc) is 1.55. The molecule has 76 valence electrons. The van der Waals surface area contributed by atoms with E-state index in [0.717, 1.165) is 11.8 Å². The van der Waals surface area contributed by atoms with Crippen LogP contribution in [0.1, 0.15) is 13.8 Å². The SMILES string of the molecule is CC(C)(N)CSCC(F)(F)F.Cl. The first-order valence-corrected chi connectivity index (χ1v) is 4.29. The molecule has 0 unspecified atom stereocenters.